The molecule has 1 aliphatic rings. The Hall–Kier alpha value is 0.799. The molecule has 11 heavy (non-hydrogen) atoms. The van der Waals surface area contributed by atoms with Gasteiger partial charge in [0, 0.05) is 0 Å². The standard InChI is InChI=1S/C5H10.C4H9.CH3.Sn/c1-3-5-4-2;1-3-4-2;;/h1-5H2;1,3-4H2,2H3;1H3;. The van der Waals surface area contributed by atoms with Crippen molar-refractivity contribution in [3.05, 3.63) is 0 Å². The van der Waals surface area contributed by atoms with Gasteiger partial charge in [-0.25, -0.2) is 0 Å². The Labute approximate surface area is 75.6 Å². The Bertz CT molecular complexity index is 103. The quantitative estimate of drug-likeness (QED) is 0.672. The summed E-state index contributed by atoms with van der Waals surface area (Å²) in [5, 5.41) is 0. The fourth-order valence-electron chi connectivity index (χ4n) is 2.26. The fraction of sp³-hybridized carbons (Fsp3) is 1.00. The summed E-state index contributed by atoms with van der Waals surface area (Å²) in [6.07, 6.45) is 7.66. The zero-order valence-corrected chi connectivity index (χ0v) is 11.0. The Morgan fingerprint density at radius 2 is 1.73 bits per heavy atom. The summed E-state index contributed by atoms with van der Waals surface area (Å²) in [5.41, 5.74) is 0. The molecule has 0 spiro atoms. The van der Waals surface area contributed by atoms with Crippen molar-refractivity contribution in [3.63, 3.8) is 0 Å². The molecular formula is C10H22Sn. The molecule has 0 radical (unpaired) electrons. The number of unbranched alkanes of at least 4 members (excludes halogenated alkanes) is 1. The van der Waals surface area contributed by atoms with Crippen LogP contribution in [0.5, 0.6) is 0 Å². The first kappa shape index (κ1) is 9.88. The molecule has 0 saturated carbocycles. The number of rotatable bonds is 3. The summed E-state index contributed by atoms with van der Waals surface area (Å²) in [4.78, 5) is 2.70. The SMILES string of the molecule is CCC[CH2][Sn]1([CH3])[CH2]CCC[CH2]1. The van der Waals surface area contributed by atoms with Gasteiger partial charge in [-0.2, -0.15) is 0 Å². The van der Waals surface area contributed by atoms with Crippen molar-refractivity contribution in [1.29, 1.82) is 0 Å². The van der Waals surface area contributed by atoms with Crippen LogP contribution in [0, 0.1) is 0 Å². The van der Waals surface area contributed by atoms with E-state index in [0.29, 0.717) is 0 Å². The summed E-state index contributed by atoms with van der Waals surface area (Å²) < 4.78 is 5.09. The molecule has 0 aromatic carbocycles. The molecule has 66 valence electrons. The second kappa shape index (κ2) is 4.73. The molecule has 1 heteroatoms. The Balaban J connectivity index is 2.25. The minimum atomic E-state index is -1.37. The van der Waals surface area contributed by atoms with Crippen molar-refractivity contribution in [3.8, 4) is 0 Å². The van der Waals surface area contributed by atoms with Gasteiger partial charge in [0.2, 0.25) is 0 Å². The molecule has 0 aliphatic carbocycles. The minimum absolute atomic E-state index is 1.37. The third-order valence-corrected chi connectivity index (χ3v) is 16.6. The Kier molecular flexibility index (Phi) is 4.25. The second-order valence-electron chi connectivity index (χ2n) is 4.47. The molecule has 1 saturated heterocycles. The van der Waals surface area contributed by atoms with E-state index in [0.717, 1.165) is 0 Å². The summed E-state index contributed by atoms with van der Waals surface area (Å²) in [6.45, 7) is 2.33. The first-order valence-electron chi connectivity index (χ1n) is 5.27. The number of hydrogen-bond acceptors (Lipinski definition) is 0. The number of hydrogen-bond donors (Lipinski definition) is 0. The molecule has 0 N–H and O–H groups in total. The molecule has 0 atom stereocenters. The van der Waals surface area contributed by atoms with Crippen molar-refractivity contribution in [2.24, 2.45) is 0 Å². The maximum absolute atomic E-state index is 2.70. The molecule has 0 unspecified atom stereocenters. The van der Waals surface area contributed by atoms with Crippen LogP contribution in [0.1, 0.15) is 39.0 Å². The van der Waals surface area contributed by atoms with Gasteiger partial charge in [-0.3, -0.25) is 0 Å². The topological polar surface area (TPSA) is 0 Å². The molecule has 1 aliphatic heterocycles. The van der Waals surface area contributed by atoms with Gasteiger partial charge in [0.25, 0.3) is 0 Å². The summed E-state index contributed by atoms with van der Waals surface area (Å²) in [5.74, 6) is 0. The van der Waals surface area contributed by atoms with Crippen molar-refractivity contribution in [2.45, 2.75) is 57.3 Å². The average molecular weight is 261 g/mol. The van der Waals surface area contributed by atoms with Crippen LogP contribution in [0.25, 0.3) is 0 Å². The molecular weight excluding hydrogens is 239 g/mol. The molecule has 0 nitrogen and oxygen atoms in total. The Morgan fingerprint density at radius 1 is 1.09 bits per heavy atom. The van der Waals surface area contributed by atoms with Crippen molar-refractivity contribution in [2.75, 3.05) is 0 Å². The van der Waals surface area contributed by atoms with Crippen LogP contribution < -0.4 is 0 Å². The van der Waals surface area contributed by atoms with Gasteiger partial charge >= 0.3 is 75.7 Å². The van der Waals surface area contributed by atoms with Crippen LogP contribution in [0.3, 0.4) is 0 Å². The van der Waals surface area contributed by atoms with Gasteiger partial charge in [0.05, 0.1) is 0 Å². The van der Waals surface area contributed by atoms with Gasteiger partial charge in [-0.15, -0.1) is 0 Å². The van der Waals surface area contributed by atoms with E-state index >= 15 is 0 Å². The van der Waals surface area contributed by atoms with Crippen LogP contribution >= 0.6 is 0 Å². The van der Waals surface area contributed by atoms with Gasteiger partial charge in [0.15, 0.2) is 0 Å². The van der Waals surface area contributed by atoms with Crippen LogP contribution in [-0.2, 0) is 0 Å². The van der Waals surface area contributed by atoms with E-state index in [4.69, 9.17) is 0 Å². The first-order chi connectivity index (χ1) is 5.27. The predicted molar refractivity (Wildman–Crippen MR) is 54.8 cm³/mol. The molecule has 0 aromatic rings. The van der Waals surface area contributed by atoms with Gasteiger partial charge in [-0.05, 0) is 0 Å². The summed E-state index contributed by atoms with van der Waals surface area (Å²) in [6, 6.07) is 0. The molecule has 1 heterocycles. The normalized spacial score (nSPS) is 23.5. The predicted octanol–water partition coefficient (Wildman–Crippen LogP) is 4.05. The monoisotopic (exact) mass is 262 g/mol. The van der Waals surface area contributed by atoms with E-state index in [9.17, 15) is 0 Å². The molecule has 0 aromatic heterocycles. The summed E-state index contributed by atoms with van der Waals surface area (Å²) >= 11 is -1.37. The van der Waals surface area contributed by atoms with E-state index in [-0.39, 0.29) is 0 Å². The van der Waals surface area contributed by atoms with Crippen molar-refractivity contribution >= 4 is 18.4 Å². The van der Waals surface area contributed by atoms with Gasteiger partial charge in [-0.1, -0.05) is 0 Å². The van der Waals surface area contributed by atoms with E-state index in [1.807, 2.05) is 0 Å². The fourth-order valence-corrected chi connectivity index (χ4v) is 14.1. The van der Waals surface area contributed by atoms with Crippen LogP contribution in [0.15, 0.2) is 0 Å². The molecule has 0 bridgehead atoms. The zero-order valence-electron chi connectivity index (χ0n) is 8.16. The van der Waals surface area contributed by atoms with E-state index in [2.05, 4.69) is 11.9 Å². The molecule has 0 amide bonds. The van der Waals surface area contributed by atoms with Crippen LogP contribution in [0.4, 0.5) is 0 Å². The first-order valence-corrected chi connectivity index (χ1v) is 14.2. The van der Waals surface area contributed by atoms with Crippen molar-refractivity contribution < 1.29 is 0 Å². The molecule has 1 rings (SSSR count). The zero-order chi connectivity index (χ0) is 8.16. The Morgan fingerprint density at radius 3 is 2.27 bits per heavy atom. The van der Waals surface area contributed by atoms with Gasteiger partial charge in [0.1, 0.15) is 0 Å². The second-order valence-corrected chi connectivity index (χ2v) is 19.1. The maximum atomic E-state index is 2.70. The summed E-state index contributed by atoms with van der Waals surface area (Å²) in [7, 11) is 0. The average Bonchev–Trinajstić information content (AvgIpc) is 2.03. The third-order valence-electron chi connectivity index (χ3n) is 3.19. The van der Waals surface area contributed by atoms with E-state index in [1.165, 1.54) is 12.8 Å². The third kappa shape index (κ3) is 3.35. The van der Waals surface area contributed by atoms with Crippen LogP contribution in [0.2, 0.25) is 18.2 Å². The van der Waals surface area contributed by atoms with Crippen LogP contribution in [-0.4, -0.2) is 18.4 Å². The van der Waals surface area contributed by atoms with Gasteiger partial charge < -0.3 is 0 Å². The van der Waals surface area contributed by atoms with E-state index < -0.39 is 18.4 Å². The van der Waals surface area contributed by atoms with E-state index in [1.54, 1.807) is 32.6 Å². The van der Waals surface area contributed by atoms with Crippen molar-refractivity contribution in [1.82, 2.24) is 0 Å². The molecule has 1 fully saturated rings.